The zero-order valence-corrected chi connectivity index (χ0v) is 17.3. The number of aromatic nitrogens is 2. The van der Waals surface area contributed by atoms with Crippen LogP contribution in [0.4, 0.5) is 5.69 Å². The summed E-state index contributed by atoms with van der Waals surface area (Å²) in [6, 6.07) is 11.6. The van der Waals surface area contributed by atoms with Crippen LogP contribution in [0.3, 0.4) is 0 Å². The Labute approximate surface area is 176 Å². The van der Waals surface area contributed by atoms with E-state index in [2.05, 4.69) is 20.3 Å². The first-order chi connectivity index (χ1) is 14.5. The molecule has 30 heavy (non-hydrogen) atoms. The molecule has 1 N–H and O–H groups in total. The minimum absolute atomic E-state index is 0.0696. The molecule has 9 nitrogen and oxygen atoms in total. The molecular formula is C20H19N3O6S. The molecule has 156 valence electrons. The fraction of sp³-hybridized carbons (Fsp3) is 0.200. The van der Waals surface area contributed by atoms with E-state index in [1.807, 2.05) is 0 Å². The smallest absolute Gasteiger partial charge is 0.337 e. The van der Waals surface area contributed by atoms with Gasteiger partial charge in [0.15, 0.2) is 0 Å². The summed E-state index contributed by atoms with van der Waals surface area (Å²) < 4.78 is 20.8. The summed E-state index contributed by atoms with van der Waals surface area (Å²) in [7, 11) is 4.41. The van der Waals surface area contributed by atoms with Crippen molar-refractivity contribution in [3.05, 3.63) is 48.0 Å². The highest BCUT2D eigenvalue weighted by Crippen LogP contribution is 2.33. The third kappa shape index (κ3) is 5.09. The molecule has 1 aromatic heterocycles. The fourth-order valence-corrected chi connectivity index (χ4v) is 3.05. The van der Waals surface area contributed by atoms with Gasteiger partial charge < -0.3 is 23.9 Å². The van der Waals surface area contributed by atoms with Crippen LogP contribution in [0.2, 0.25) is 0 Å². The number of carbonyl (C=O) groups is 2. The highest BCUT2D eigenvalue weighted by Gasteiger charge is 2.16. The van der Waals surface area contributed by atoms with Gasteiger partial charge in [-0.25, -0.2) is 4.79 Å². The van der Waals surface area contributed by atoms with Gasteiger partial charge in [0.2, 0.25) is 5.91 Å². The minimum Gasteiger partial charge on any atom is -0.497 e. The van der Waals surface area contributed by atoms with Crippen LogP contribution in [0, 0.1) is 0 Å². The lowest BCUT2D eigenvalue weighted by atomic mass is 10.2. The highest BCUT2D eigenvalue weighted by atomic mass is 32.2. The van der Waals surface area contributed by atoms with Crippen molar-refractivity contribution in [2.45, 2.75) is 5.22 Å². The summed E-state index contributed by atoms with van der Waals surface area (Å²) in [5, 5.41) is 11.0. The van der Waals surface area contributed by atoms with Crippen LogP contribution in [-0.2, 0) is 9.53 Å². The number of esters is 1. The standard InChI is InChI=1S/C20H19N3O6S/c1-26-14-8-9-15(16(10-14)27-2)18-22-23-20(29-18)30-11-17(24)21-13-6-4-12(5-7-13)19(25)28-3/h4-10H,11H2,1-3H3,(H,21,24). The number of anilines is 1. The topological polar surface area (TPSA) is 113 Å². The number of nitrogens with zero attached hydrogens (tertiary/aromatic N) is 2. The maximum Gasteiger partial charge on any atom is 0.337 e. The van der Waals surface area contributed by atoms with Crippen molar-refractivity contribution >= 4 is 29.3 Å². The molecule has 0 atom stereocenters. The summed E-state index contributed by atoms with van der Waals surface area (Å²) in [6.45, 7) is 0. The van der Waals surface area contributed by atoms with Gasteiger partial charge in [-0.2, -0.15) is 0 Å². The lowest BCUT2D eigenvalue weighted by Crippen LogP contribution is -2.14. The molecule has 0 aliphatic carbocycles. The number of hydrogen-bond donors (Lipinski definition) is 1. The number of benzene rings is 2. The van der Waals surface area contributed by atoms with Gasteiger partial charge in [-0.1, -0.05) is 11.8 Å². The maximum atomic E-state index is 12.2. The first-order valence-electron chi connectivity index (χ1n) is 8.71. The molecule has 0 saturated carbocycles. The maximum absolute atomic E-state index is 12.2. The lowest BCUT2D eigenvalue weighted by molar-refractivity contribution is -0.113. The van der Waals surface area contributed by atoms with Crippen LogP contribution in [0.25, 0.3) is 11.5 Å². The number of hydrogen-bond acceptors (Lipinski definition) is 9. The van der Waals surface area contributed by atoms with E-state index >= 15 is 0 Å². The average Bonchev–Trinajstić information content (AvgIpc) is 3.26. The number of nitrogens with one attached hydrogen (secondary N) is 1. The molecule has 0 unspecified atom stereocenters. The predicted octanol–water partition coefficient (Wildman–Crippen LogP) is 3.27. The first-order valence-corrected chi connectivity index (χ1v) is 9.69. The molecule has 3 aromatic rings. The Hall–Kier alpha value is -3.53. The van der Waals surface area contributed by atoms with Gasteiger partial charge in [0.1, 0.15) is 11.5 Å². The molecule has 0 radical (unpaired) electrons. The van der Waals surface area contributed by atoms with E-state index in [4.69, 9.17) is 13.9 Å². The Morgan fingerprint density at radius 2 is 1.80 bits per heavy atom. The normalized spacial score (nSPS) is 10.4. The average molecular weight is 429 g/mol. The molecule has 1 amide bonds. The molecule has 0 fully saturated rings. The molecule has 0 saturated heterocycles. The zero-order valence-electron chi connectivity index (χ0n) is 16.5. The summed E-state index contributed by atoms with van der Waals surface area (Å²) in [5.74, 6) is 0.816. The van der Waals surface area contributed by atoms with Crippen molar-refractivity contribution in [3.63, 3.8) is 0 Å². The van der Waals surface area contributed by atoms with Crippen molar-refractivity contribution in [2.75, 3.05) is 32.4 Å². The van der Waals surface area contributed by atoms with Gasteiger partial charge >= 0.3 is 5.97 Å². The Morgan fingerprint density at radius 3 is 2.47 bits per heavy atom. The van der Waals surface area contributed by atoms with Crippen LogP contribution in [0.1, 0.15) is 10.4 Å². The van der Waals surface area contributed by atoms with Crippen molar-refractivity contribution in [1.29, 1.82) is 0 Å². The van der Waals surface area contributed by atoms with E-state index in [0.717, 1.165) is 11.8 Å². The quantitative estimate of drug-likeness (QED) is 0.426. The molecule has 3 rings (SSSR count). The van der Waals surface area contributed by atoms with E-state index < -0.39 is 5.97 Å². The Balaban J connectivity index is 1.59. The van der Waals surface area contributed by atoms with Gasteiger partial charge in [-0.3, -0.25) is 4.79 Å². The van der Waals surface area contributed by atoms with Gasteiger partial charge in [0.05, 0.1) is 38.2 Å². The van der Waals surface area contributed by atoms with Crippen LogP contribution >= 0.6 is 11.8 Å². The van der Waals surface area contributed by atoms with Crippen molar-refractivity contribution in [3.8, 4) is 23.0 Å². The van der Waals surface area contributed by atoms with Crippen molar-refractivity contribution < 1.29 is 28.2 Å². The van der Waals surface area contributed by atoms with Crippen LogP contribution in [-0.4, -0.2) is 49.2 Å². The van der Waals surface area contributed by atoms with E-state index in [1.54, 1.807) is 49.6 Å². The number of carbonyl (C=O) groups excluding carboxylic acids is 2. The van der Waals surface area contributed by atoms with Gasteiger partial charge in [0.25, 0.3) is 11.1 Å². The predicted molar refractivity (Wildman–Crippen MR) is 110 cm³/mol. The van der Waals surface area contributed by atoms with E-state index in [1.165, 1.54) is 14.2 Å². The number of amides is 1. The first kappa shape index (κ1) is 21.2. The fourth-order valence-electron chi connectivity index (χ4n) is 2.48. The van der Waals surface area contributed by atoms with Crippen molar-refractivity contribution in [1.82, 2.24) is 10.2 Å². The largest absolute Gasteiger partial charge is 0.497 e. The molecule has 0 aliphatic rings. The van der Waals surface area contributed by atoms with E-state index in [0.29, 0.717) is 28.3 Å². The number of thioether (sulfide) groups is 1. The van der Waals surface area contributed by atoms with Crippen LogP contribution in [0.15, 0.2) is 52.1 Å². The Kier molecular flexibility index (Phi) is 6.91. The Bertz CT molecular complexity index is 1040. The summed E-state index contributed by atoms with van der Waals surface area (Å²) in [6.07, 6.45) is 0. The molecule has 2 aromatic carbocycles. The monoisotopic (exact) mass is 429 g/mol. The third-order valence-corrected chi connectivity index (χ3v) is 4.78. The van der Waals surface area contributed by atoms with Gasteiger partial charge in [-0.05, 0) is 36.4 Å². The number of methoxy groups -OCH3 is 3. The van der Waals surface area contributed by atoms with Crippen LogP contribution < -0.4 is 14.8 Å². The van der Waals surface area contributed by atoms with E-state index in [9.17, 15) is 9.59 Å². The van der Waals surface area contributed by atoms with Crippen molar-refractivity contribution in [2.24, 2.45) is 0 Å². The molecular weight excluding hydrogens is 410 g/mol. The summed E-state index contributed by atoms with van der Waals surface area (Å²) in [5.41, 5.74) is 1.58. The lowest BCUT2D eigenvalue weighted by Gasteiger charge is -2.07. The molecule has 0 aliphatic heterocycles. The van der Waals surface area contributed by atoms with Gasteiger partial charge in [-0.15, -0.1) is 10.2 Å². The van der Waals surface area contributed by atoms with Crippen LogP contribution in [0.5, 0.6) is 11.5 Å². The second-order valence-electron chi connectivity index (χ2n) is 5.85. The van der Waals surface area contributed by atoms with Gasteiger partial charge in [0, 0.05) is 11.8 Å². The third-order valence-electron chi connectivity index (χ3n) is 3.96. The SMILES string of the molecule is COC(=O)c1ccc(NC(=O)CSc2nnc(-c3ccc(OC)cc3OC)o2)cc1. The molecule has 0 spiro atoms. The zero-order chi connectivity index (χ0) is 21.5. The highest BCUT2D eigenvalue weighted by molar-refractivity contribution is 7.99. The Morgan fingerprint density at radius 1 is 1.03 bits per heavy atom. The van der Waals surface area contributed by atoms with E-state index in [-0.39, 0.29) is 22.8 Å². The number of rotatable bonds is 8. The second-order valence-corrected chi connectivity index (χ2v) is 6.77. The summed E-state index contributed by atoms with van der Waals surface area (Å²) >= 11 is 1.10. The molecule has 1 heterocycles. The number of ether oxygens (including phenoxy) is 3. The minimum atomic E-state index is -0.441. The molecule has 10 heteroatoms. The summed E-state index contributed by atoms with van der Waals surface area (Å²) in [4.78, 5) is 23.6. The molecule has 0 bridgehead atoms. The second kappa shape index (κ2) is 9.79.